The first kappa shape index (κ1) is 15.6. The van der Waals surface area contributed by atoms with E-state index in [-0.39, 0.29) is 0 Å². The summed E-state index contributed by atoms with van der Waals surface area (Å²) in [6, 6.07) is 29.4. The lowest BCUT2D eigenvalue weighted by Gasteiger charge is -2.23. The molecule has 0 amide bonds. The van der Waals surface area contributed by atoms with Crippen LogP contribution in [0.3, 0.4) is 0 Å². The van der Waals surface area contributed by atoms with Gasteiger partial charge in [0.25, 0.3) is 0 Å². The van der Waals surface area contributed by atoms with Crippen LogP contribution < -0.4 is 5.46 Å². The lowest BCUT2D eigenvalue weighted by Crippen LogP contribution is -2.22. The van der Waals surface area contributed by atoms with Gasteiger partial charge in [0.1, 0.15) is 7.85 Å². The topological polar surface area (TPSA) is 3.24 Å². The second-order valence-electron chi connectivity index (χ2n) is 5.86. The van der Waals surface area contributed by atoms with Crippen molar-refractivity contribution in [1.29, 1.82) is 0 Å². The van der Waals surface area contributed by atoms with E-state index in [1.54, 1.807) is 0 Å². The summed E-state index contributed by atoms with van der Waals surface area (Å²) < 4.78 is 0. The predicted molar refractivity (Wildman–Crippen MR) is 97.7 cm³/mol. The number of hydrogen-bond donors (Lipinski definition) is 0. The van der Waals surface area contributed by atoms with E-state index in [0.29, 0.717) is 0 Å². The van der Waals surface area contributed by atoms with Crippen molar-refractivity contribution in [2.75, 3.05) is 0 Å². The van der Waals surface area contributed by atoms with Crippen molar-refractivity contribution in [3.05, 3.63) is 102 Å². The first-order valence-corrected chi connectivity index (χ1v) is 7.94. The van der Waals surface area contributed by atoms with Gasteiger partial charge in [0.05, 0.1) is 0 Å². The molecule has 2 radical (unpaired) electrons. The molecule has 0 saturated carbocycles. The highest BCUT2D eigenvalue weighted by molar-refractivity contribution is 6.32. The standard InChI is InChI=1S/C21H20BN/c22-21-13-11-20(12-14-21)17-23(15-18-7-3-1-4-8-18)16-19-9-5-2-6-10-19/h1-14H,15-17H2. The average molecular weight is 297 g/mol. The van der Waals surface area contributed by atoms with Crippen LogP contribution in [0.15, 0.2) is 84.9 Å². The summed E-state index contributed by atoms with van der Waals surface area (Å²) in [5.41, 5.74) is 4.76. The quantitative estimate of drug-likeness (QED) is 0.627. The molecule has 0 N–H and O–H groups in total. The normalized spacial score (nSPS) is 10.8. The van der Waals surface area contributed by atoms with Crippen LogP contribution in [0, 0.1) is 0 Å². The SMILES string of the molecule is [B]c1ccc(CN(Cc2ccccc2)Cc2ccccc2)cc1. The highest BCUT2D eigenvalue weighted by Gasteiger charge is 2.08. The average Bonchev–Trinajstić information content (AvgIpc) is 2.59. The third kappa shape index (κ3) is 4.83. The summed E-state index contributed by atoms with van der Waals surface area (Å²) in [6.07, 6.45) is 0. The Bertz CT molecular complexity index is 666. The summed E-state index contributed by atoms with van der Waals surface area (Å²) in [6.45, 7) is 2.77. The highest BCUT2D eigenvalue weighted by Crippen LogP contribution is 2.13. The van der Waals surface area contributed by atoms with Crippen LogP contribution in [0.1, 0.15) is 16.7 Å². The molecule has 23 heavy (non-hydrogen) atoms. The third-order valence-corrected chi connectivity index (χ3v) is 3.88. The summed E-state index contributed by atoms with van der Waals surface area (Å²) in [7, 11) is 5.79. The maximum atomic E-state index is 5.79. The van der Waals surface area contributed by atoms with E-state index in [9.17, 15) is 0 Å². The molecule has 1 nitrogen and oxygen atoms in total. The summed E-state index contributed by atoms with van der Waals surface area (Å²) in [4.78, 5) is 2.45. The number of nitrogens with zero attached hydrogens (tertiary/aromatic N) is 1. The molecular formula is C21H20BN. The Morgan fingerprint density at radius 2 is 0.913 bits per heavy atom. The minimum Gasteiger partial charge on any atom is -0.291 e. The molecule has 3 rings (SSSR count). The van der Waals surface area contributed by atoms with Crippen LogP contribution in [-0.2, 0) is 19.6 Å². The molecule has 2 heteroatoms. The monoisotopic (exact) mass is 297 g/mol. The smallest absolute Gasteiger partial charge is 0.113 e. The van der Waals surface area contributed by atoms with Crippen molar-refractivity contribution in [2.45, 2.75) is 19.6 Å². The molecule has 0 fully saturated rings. The van der Waals surface area contributed by atoms with Crippen LogP contribution >= 0.6 is 0 Å². The van der Waals surface area contributed by atoms with Crippen LogP contribution in [0.5, 0.6) is 0 Å². The zero-order valence-corrected chi connectivity index (χ0v) is 13.2. The van der Waals surface area contributed by atoms with Crippen molar-refractivity contribution in [3.8, 4) is 0 Å². The first-order chi connectivity index (χ1) is 11.3. The molecule has 3 aromatic carbocycles. The van der Waals surface area contributed by atoms with Crippen LogP contribution in [0.2, 0.25) is 0 Å². The largest absolute Gasteiger partial charge is 0.291 e. The molecule has 0 saturated heterocycles. The molecule has 0 bridgehead atoms. The van der Waals surface area contributed by atoms with E-state index in [1.165, 1.54) is 16.7 Å². The van der Waals surface area contributed by atoms with Gasteiger partial charge in [0.2, 0.25) is 0 Å². The summed E-state index contributed by atoms with van der Waals surface area (Å²) >= 11 is 0. The maximum absolute atomic E-state index is 5.79. The Kier molecular flexibility index (Phi) is 5.28. The molecule has 3 aromatic rings. The number of rotatable bonds is 6. The Morgan fingerprint density at radius 3 is 1.35 bits per heavy atom. The number of hydrogen-bond acceptors (Lipinski definition) is 1. The fourth-order valence-corrected chi connectivity index (χ4v) is 2.73. The van der Waals surface area contributed by atoms with E-state index >= 15 is 0 Å². The molecule has 0 heterocycles. The maximum Gasteiger partial charge on any atom is 0.113 e. The van der Waals surface area contributed by atoms with Gasteiger partial charge in [0.15, 0.2) is 0 Å². The van der Waals surface area contributed by atoms with Crippen LogP contribution in [0.4, 0.5) is 0 Å². The predicted octanol–water partition coefficient (Wildman–Crippen LogP) is 3.68. The Hall–Kier alpha value is -2.32. The van der Waals surface area contributed by atoms with Crippen molar-refractivity contribution < 1.29 is 0 Å². The molecule has 112 valence electrons. The number of benzene rings is 3. The zero-order chi connectivity index (χ0) is 15.9. The van der Waals surface area contributed by atoms with E-state index in [2.05, 4.69) is 77.7 Å². The van der Waals surface area contributed by atoms with Gasteiger partial charge in [-0.05, 0) is 16.7 Å². The van der Waals surface area contributed by atoms with Gasteiger partial charge in [-0.2, -0.15) is 0 Å². The molecule has 0 atom stereocenters. The van der Waals surface area contributed by atoms with Gasteiger partial charge in [-0.3, -0.25) is 4.90 Å². The van der Waals surface area contributed by atoms with Gasteiger partial charge >= 0.3 is 0 Å². The first-order valence-electron chi connectivity index (χ1n) is 7.94. The minimum atomic E-state index is 0.811. The van der Waals surface area contributed by atoms with E-state index in [4.69, 9.17) is 7.85 Å². The van der Waals surface area contributed by atoms with E-state index < -0.39 is 0 Å². The molecule has 0 aromatic heterocycles. The van der Waals surface area contributed by atoms with Crippen molar-refractivity contribution in [2.24, 2.45) is 0 Å². The van der Waals surface area contributed by atoms with Gasteiger partial charge < -0.3 is 0 Å². The Balaban J connectivity index is 1.76. The lowest BCUT2D eigenvalue weighted by molar-refractivity contribution is 0.248. The van der Waals surface area contributed by atoms with E-state index in [1.807, 2.05) is 12.1 Å². The second-order valence-corrected chi connectivity index (χ2v) is 5.86. The summed E-state index contributed by atoms with van der Waals surface area (Å²) in [5, 5.41) is 0. The zero-order valence-electron chi connectivity index (χ0n) is 13.2. The molecule has 0 spiro atoms. The molecule has 0 aliphatic heterocycles. The fourth-order valence-electron chi connectivity index (χ4n) is 2.73. The highest BCUT2D eigenvalue weighted by atomic mass is 15.1. The molecule has 0 aliphatic carbocycles. The van der Waals surface area contributed by atoms with Crippen LogP contribution in [-0.4, -0.2) is 12.7 Å². The van der Waals surface area contributed by atoms with Crippen molar-refractivity contribution in [1.82, 2.24) is 4.90 Å². The Labute approximate surface area is 140 Å². The van der Waals surface area contributed by atoms with Crippen LogP contribution in [0.25, 0.3) is 0 Å². The lowest BCUT2D eigenvalue weighted by atomic mass is 9.95. The van der Waals surface area contributed by atoms with Crippen molar-refractivity contribution >= 4 is 13.3 Å². The van der Waals surface area contributed by atoms with Gasteiger partial charge in [0, 0.05) is 19.6 Å². The van der Waals surface area contributed by atoms with Gasteiger partial charge in [-0.1, -0.05) is 90.4 Å². The molecular weight excluding hydrogens is 277 g/mol. The third-order valence-electron chi connectivity index (χ3n) is 3.88. The summed E-state index contributed by atoms with van der Waals surface area (Å²) in [5.74, 6) is 0. The second kappa shape index (κ2) is 7.80. The van der Waals surface area contributed by atoms with Crippen molar-refractivity contribution in [3.63, 3.8) is 0 Å². The minimum absolute atomic E-state index is 0.811. The Morgan fingerprint density at radius 1 is 0.522 bits per heavy atom. The van der Waals surface area contributed by atoms with Gasteiger partial charge in [-0.15, -0.1) is 0 Å². The fraction of sp³-hybridized carbons (Fsp3) is 0.143. The molecule has 0 aliphatic rings. The van der Waals surface area contributed by atoms with E-state index in [0.717, 1.165) is 25.1 Å². The van der Waals surface area contributed by atoms with Gasteiger partial charge in [-0.25, -0.2) is 0 Å². The molecule has 0 unspecified atom stereocenters.